The highest BCUT2D eigenvalue weighted by atomic mass is 79.9. The van der Waals surface area contributed by atoms with Crippen LogP contribution in [0.2, 0.25) is 5.15 Å². The zero-order valence-corrected chi connectivity index (χ0v) is 11.7. The van der Waals surface area contributed by atoms with Gasteiger partial charge in [0, 0.05) is 19.4 Å². The van der Waals surface area contributed by atoms with Crippen LogP contribution in [0.4, 0.5) is 0 Å². The van der Waals surface area contributed by atoms with Crippen molar-refractivity contribution in [2.45, 2.75) is 38.2 Å². The average Bonchev–Trinajstić information content (AvgIpc) is 3.06. The molecule has 0 radical (unpaired) electrons. The third-order valence-corrected chi connectivity index (χ3v) is 4.00. The van der Waals surface area contributed by atoms with E-state index in [4.69, 9.17) is 16.3 Å². The predicted octanol–water partition coefficient (Wildman–Crippen LogP) is 3.35. The maximum atomic E-state index is 6.08. The third kappa shape index (κ3) is 2.73. The summed E-state index contributed by atoms with van der Waals surface area (Å²) in [6.07, 6.45) is 3.21. The molecule has 1 aromatic rings. The average molecular weight is 306 g/mol. The van der Waals surface area contributed by atoms with E-state index in [1.165, 1.54) is 12.8 Å². The molecule has 5 heteroatoms. The lowest BCUT2D eigenvalue weighted by atomic mass is 10.2. The summed E-state index contributed by atoms with van der Waals surface area (Å²) in [5.74, 6) is 1.33. The second kappa shape index (κ2) is 4.98. The number of halogens is 2. The van der Waals surface area contributed by atoms with Gasteiger partial charge in [0.1, 0.15) is 11.0 Å². The van der Waals surface area contributed by atoms with Gasteiger partial charge in [-0.1, -0.05) is 11.6 Å². The summed E-state index contributed by atoms with van der Waals surface area (Å²) in [5, 5.41) is 0.509. The Morgan fingerprint density at radius 1 is 1.50 bits per heavy atom. The molecule has 2 rings (SSSR count). The lowest BCUT2D eigenvalue weighted by Gasteiger charge is -2.10. The molecule has 1 aliphatic rings. The molecule has 0 amide bonds. The van der Waals surface area contributed by atoms with Crippen molar-refractivity contribution >= 4 is 27.5 Å². The number of rotatable bonds is 4. The Hall–Kier alpha value is -0.190. The fourth-order valence-corrected chi connectivity index (χ4v) is 2.24. The van der Waals surface area contributed by atoms with Crippen LogP contribution in [0.1, 0.15) is 37.2 Å². The molecule has 1 fully saturated rings. The molecule has 16 heavy (non-hydrogen) atoms. The Labute approximate surface area is 109 Å². The first-order valence-corrected chi connectivity index (χ1v) is 6.53. The van der Waals surface area contributed by atoms with Gasteiger partial charge in [-0.15, -0.1) is 0 Å². The summed E-state index contributed by atoms with van der Waals surface area (Å²) in [6.45, 7) is 2.00. The minimum Gasteiger partial charge on any atom is -0.381 e. The molecule has 1 aromatic heterocycles. The van der Waals surface area contributed by atoms with Crippen LogP contribution in [-0.2, 0) is 11.2 Å². The molecule has 88 valence electrons. The Balaban J connectivity index is 2.25. The lowest BCUT2D eigenvalue weighted by Crippen LogP contribution is -2.12. The van der Waals surface area contributed by atoms with E-state index in [9.17, 15) is 0 Å². The second-order valence-electron chi connectivity index (χ2n) is 4.15. The zero-order chi connectivity index (χ0) is 11.7. The number of ether oxygens (including phenoxy) is 1. The molecule has 0 bridgehead atoms. The first kappa shape index (κ1) is 12.3. The first-order chi connectivity index (χ1) is 7.61. The standard InChI is InChI=1S/C11H14BrClN2O/c1-6(16-2)5-8-14-10(7-3-4-7)9(12)11(13)15-8/h6-7H,3-5H2,1-2H3. The largest absolute Gasteiger partial charge is 0.381 e. The van der Waals surface area contributed by atoms with Crippen LogP contribution < -0.4 is 0 Å². The molecule has 1 atom stereocenters. The van der Waals surface area contributed by atoms with E-state index in [0.29, 0.717) is 17.5 Å². The van der Waals surface area contributed by atoms with Crippen LogP contribution in [0.3, 0.4) is 0 Å². The molecular formula is C11H14BrClN2O. The van der Waals surface area contributed by atoms with Crippen LogP contribution in [0.25, 0.3) is 0 Å². The van der Waals surface area contributed by atoms with Gasteiger partial charge < -0.3 is 4.74 Å². The van der Waals surface area contributed by atoms with E-state index in [-0.39, 0.29) is 6.10 Å². The highest BCUT2D eigenvalue weighted by Gasteiger charge is 2.29. The van der Waals surface area contributed by atoms with Crippen LogP contribution in [0.15, 0.2) is 4.47 Å². The molecule has 1 unspecified atom stereocenters. The highest BCUT2D eigenvalue weighted by Crippen LogP contribution is 2.43. The molecule has 0 spiro atoms. The maximum absolute atomic E-state index is 6.08. The van der Waals surface area contributed by atoms with E-state index >= 15 is 0 Å². The summed E-state index contributed by atoms with van der Waals surface area (Å²) >= 11 is 9.53. The van der Waals surface area contributed by atoms with Crippen molar-refractivity contribution in [2.75, 3.05) is 7.11 Å². The van der Waals surface area contributed by atoms with Gasteiger partial charge in [-0.2, -0.15) is 0 Å². The van der Waals surface area contributed by atoms with Crippen molar-refractivity contribution in [2.24, 2.45) is 0 Å². The van der Waals surface area contributed by atoms with E-state index in [0.717, 1.165) is 16.0 Å². The SMILES string of the molecule is COC(C)Cc1nc(Cl)c(Br)c(C2CC2)n1. The van der Waals surface area contributed by atoms with Gasteiger partial charge in [0.2, 0.25) is 0 Å². The van der Waals surface area contributed by atoms with Crippen molar-refractivity contribution in [3.8, 4) is 0 Å². The quantitative estimate of drug-likeness (QED) is 0.800. The van der Waals surface area contributed by atoms with Gasteiger partial charge in [-0.05, 0) is 35.7 Å². The van der Waals surface area contributed by atoms with Gasteiger partial charge in [0.05, 0.1) is 16.3 Å². The predicted molar refractivity (Wildman–Crippen MR) is 66.9 cm³/mol. The minimum atomic E-state index is 0.115. The van der Waals surface area contributed by atoms with Crippen molar-refractivity contribution in [1.82, 2.24) is 9.97 Å². The van der Waals surface area contributed by atoms with Gasteiger partial charge >= 0.3 is 0 Å². The Morgan fingerprint density at radius 3 is 2.75 bits per heavy atom. The number of methoxy groups -OCH3 is 1. The van der Waals surface area contributed by atoms with E-state index in [1.807, 2.05) is 6.92 Å². The minimum absolute atomic E-state index is 0.115. The van der Waals surface area contributed by atoms with Crippen molar-refractivity contribution in [3.63, 3.8) is 0 Å². The van der Waals surface area contributed by atoms with Crippen LogP contribution >= 0.6 is 27.5 Å². The molecule has 0 aliphatic heterocycles. The molecule has 1 saturated carbocycles. The summed E-state index contributed by atoms with van der Waals surface area (Å²) in [4.78, 5) is 8.82. The first-order valence-electron chi connectivity index (χ1n) is 5.36. The highest BCUT2D eigenvalue weighted by molar-refractivity contribution is 9.10. The number of aromatic nitrogens is 2. The molecule has 3 nitrogen and oxygen atoms in total. The van der Waals surface area contributed by atoms with Crippen LogP contribution in [0, 0.1) is 0 Å². The topological polar surface area (TPSA) is 35.0 Å². The van der Waals surface area contributed by atoms with Crippen molar-refractivity contribution < 1.29 is 4.74 Å². The van der Waals surface area contributed by atoms with Gasteiger partial charge in [-0.3, -0.25) is 0 Å². The smallest absolute Gasteiger partial charge is 0.147 e. The summed E-state index contributed by atoms with van der Waals surface area (Å²) < 4.78 is 6.06. The van der Waals surface area contributed by atoms with Gasteiger partial charge in [-0.25, -0.2) is 9.97 Å². The van der Waals surface area contributed by atoms with Crippen molar-refractivity contribution in [3.05, 3.63) is 21.1 Å². The molecule has 0 aromatic carbocycles. The van der Waals surface area contributed by atoms with E-state index in [1.54, 1.807) is 7.11 Å². The molecule has 1 aliphatic carbocycles. The summed E-state index contributed by atoms with van der Waals surface area (Å²) in [5.41, 5.74) is 1.05. The van der Waals surface area contributed by atoms with Crippen LogP contribution in [0.5, 0.6) is 0 Å². The fourth-order valence-electron chi connectivity index (χ4n) is 1.54. The van der Waals surface area contributed by atoms with E-state index in [2.05, 4.69) is 25.9 Å². The number of nitrogens with zero attached hydrogens (tertiary/aromatic N) is 2. The lowest BCUT2D eigenvalue weighted by molar-refractivity contribution is 0.117. The van der Waals surface area contributed by atoms with Crippen LogP contribution in [-0.4, -0.2) is 23.2 Å². The molecule has 0 N–H and O–H groups in total. The number of hydrogen-bond donors (Lipinski definition) is 0. The molecule has 1 heterocycles. The molecule has 0 saturated heterocycles. The normalized spacial score (nSPS) is 17.5. The molecular weight excluding hydrogens is 291 g/mol. The number of hydrogen-bond acceptors (Lipinski definition) is 3. The van der Waals surface area contributed by atoms with Crippen molar-refractivity contribution in [1.29, 1.82) is 0 Å². The Bertz CT molecular complexity index is 396. The van der Waals surface area contributed by atoms with Gasteiger partial charge in [0.15, 0.2) is 0 Å². The zero-order valence-electron chi connectivity index (χ0n) is 9.33. The van der Waals surface area contributed by atoms with E-state index < -0.39 is 0 Å². The monoisotopic (exact) mass is 304 g/mol. The van der Waals surface area contributed by atoms with Gasteiger partial charge in [0.25, 0.3) is 0 Å². The summed E-state index contributed by atoms with van der Waals surface area (Å²) in [6, 6.07) is 0. The third-order valence-electron chi connectivity index (χ3n) is 2.72. The fraction of sp³-hybridized carbons (Fsp3) is 0.636. The Kier molecular flexibility index (Phi) is 3.82. The second-order valence-corrected chi connectivity index (χ2v) is 5.31. The summed E-state index contributed by atoms with van der Waals surface area (Å²) in [7, 11) is 1.69. The maximum Gasteiger partial charge on any atom is 0.147 e. The Morgan fingerprint density at radius 2 is 2.19 bits per heavy atom.